The third-order valence-corrected chi connectivity index (χ3v) is 6.18. The zero-order chi connectivity index (χ0) is 22.9. The van der Waals surface area contributed by atoms with E-state index < -0.39 is 6.04 Å². The summed E-state index contributed by atoms with van der Waals surface area (Å²) >= 11 is 0. The predicted octanol–water partition coefficient (Wildman–Crippen LogP) is 3.54. The molecule has 7 nitrogen and oxygen atoms in total. The van der Waals surface area contributed by atoms with Gasteiger partial charge in [0.1, 0.15) is 17.6 Å². The smallest absolute Gasteiger partial charge is 0.252 e. The van der Waals surface area contributed by atoms with Crippen molar-refractivity contribution in [2.24, 2.45) is 4.99 Å². The van der Waals surface area contributed by atoms with Gasteiger partial charge in [-0.2, -0.15) is 0 Å². The highest BCUT2D eigenvalue weighted by Crippen LogP contribution is 2.37. The third-order valence-electron chi connectivity index (χ3n) is 6.18. The van der Waals surface area contributed by atoms with Crippen molar-refractivity contribution in [2.75, 3.05) is 12.4 Å². The van der Waals surface area contributed by atoms with Gasteiger partial charge in [0.2, 0.25) is 5.91 Å². The summed E-state index contributed by atoms with van der Waals surface area (Å²) in [5.41, 5.74) is 3.93. The lowest BCUT2D eigenvalue weighted by Gasteiger charge is -2.41. The van der Waals surface area contributed by atoms with Crippen LogP contribution in [-0.2, 0) is 4.79 Å². The average Bonchev–Trinajstić information content (AvgIpc) is 2.84. The number of benzene rings is 3. The highest BCUT2D eigenvalue weighted by atomic mass is 16.5. The molecule has 0 aliphatic carbocycles. The first-order chi connectivity index (χ1) is 16.0. The Balaban J connectivity index is 1.55. The van der Waals surface area contributed by atoms with E-state index in [1.54, 1.807) is 13.2 Å². The van der Waals surface area contributed by atoms with Crippen molar-refractivity contribution < 1.29 is 14.3 Å². The zero-order valence-electron chi connectivity index (χ0n) is 18.3. The topological polar surface area (TPSA) is 91.8 Å². The molecule has 2 aliphatic rings. The van der Waals surface area contributed by atoms with Crippen LogP contribution in [0.3, 0.4) is 0 Å². The maximum absolute atomic E-state index is 13.3. The number of amides is 2. The molecule has 3 aromatic carbocycles. The number of fused-ring (bicyclic) bond motifs is 2. The molecule has 33 heavy (non-hydrogen) atoms. The second-order valence-electron chi connectivity index (χ2n) is 8.19. The molecule has 2 aliphatic heterocycles. The number of hydrogen-bond acceptors (Lipinski definition) is 5. The van der Waals surface area contributed by atoms with Crippen LogP contribution < -0.4 is 20.7 Å². The molecule has 1 saturated heterocycles. The molecule has 2 heterocycles. The summed E-state index contributed by atoms with van der Waals surface area (Å²) in [6.45, 7) is 1.88. The number of aryl methyl sites for hydroxylation is 1. The highest BCUT2D eigenvalue weighted by molar-refractivity contribution is 6.12. The van der Waals surface area contributed by atoms with Crippen molar-refractivity contribution >= 4 is 29.0 Å². The number of amidine groups is 1. The van der Waals surface area contributed by atoms with E-state index in [1.165, 1.54) is 0 Å². The fourth-order valence-electron chi connectivity index (χ4n) is 4.47. The van der Waals surface area contributed by atoms with Crippen LogP contribution in [0.5, 0.6) is 5.75 Å². The minimum absolute atomic E-state index is 0.289. The van der Waals surface area contributed by atoms with E-state index in [2.05, 4.69) is 16.0 Å². The van der Waals surface area contributed by atoms with Crippen molar-refractivity contribution in [1.82, 2.24) is 10.6 Å². The molecule has 0 spiro atoms. The number of carbonyl (C=O) groups excluding carboxylic acids is 2. The lowest BCUT2D eigenvalue weighted by Crippen LogP contribution is -2.64. The fraction of sp³-hybridized carbons (Fsp3) is 0.192. The van der Waals surface area contributed by atoms with Gasteiger partial charge < -0.3 is 20.7 Å². The van der Waals surface area contributed by atoms with E-state index in [-0.39, 0.29) is 23.8 Å². The second kappa shape index (κ2) is 8.43. The van der Waals surface area contributed by atoms with Gasteiger partial charge in [-0.3, -0.25) is 9.59 Å². The molecule has 2 amide bonds. The van der Waals surface area contributed by atoms with Crippen molar-refractivity contribution in [3.8, 4) is 5.75 Å². The van der Waals surface area contributed by atoms with Gasteiger partial charge in [0.25, 0.3) is 5.91 Å². The minimum atomic E-state index is -0.799. The lowest BCUT2D eigenvalue weighted by molar-refractivity contribution is -0.122. The fourth-order valence-corrected chi connectivity index (χ4v) is 4.47. The molecular formula is C26H24N4O3. The van der Waals surface area contributed by atoms with Gasteiger partial charge in [-0.15, -0.1) is 0 Å². The Bertz CT molecular complexity index is 1250. The number of nitrogens with one attached hydrogen (secondary N) is 3. The quantitative estimate of drug-likeness (QED) is 0.579. The van der Waals surface area contributed by atoms with E-state index in [4.69, 9.17) is 9.73 Å². The van der Waals surface area contributed by atoms with Crippen LogP contribution >= 0.6 is 0 Å². The second-order valence-corrected chi connectivity index (χ2v) is 8.19. The van der Waals surface area contributed by atoms with Gasteiger partial charge in [0, 0.05) is 11.5 Å². The summed E-state index contributed by atoms with van der Waals surface area (Å²) in [7, 11) is 1.61. The van der Waals surface area contributed by atoms with Gasteiger partial charge in [0.05, 0.1) is 24.5 Å². The summed E-state index contributed by atoms with van der Waals surface area (Å²) in [5, 5.41) is 9.42. The molecule has 3 aromatic rings. The summed E-state index contributed by atoms with van der Waals surface area (Å²) in [6, 6.07) is 21.5. The van der Waals surface area contributed by atoms with Crippen molar-refractivity contribution in [2.45, 2.75) is 24.9 Å². The number of methoxy groups -OCH3 is 1. The molecule has 5 rings (SSSR count). The van der Waals surface area contributed by atoms with Gasteiger partial charge in [-0.25, -0.2) is 4.99 Å². The molecule has 3 unspecified atom stereocenters. The maximum Gasteiger partial charge on any atom is 0.252 e. The first-order valence-corrected chi connectivity index (χ1v) is 10.8. The number of nitrogens with zero attached hydrogens (tertiary/aromatic N) is 1. The Kier molecular flexibility index (Phi) is 5.30. The van der Waals surface area contributed by atoms with E-state index in [0.29, 0.717) is 11.4 Å². The van der Waals surface area contributed by atoms with Crippen LogP contribution in [0, 0.1) is 6.92 Å². The van der Waals surface area contributed by atoms with Crippen LogP contribution in [0.2, 0.25) is 0 Å². The zero-order valence-corrected chi connectivity index (χ0v) is 18.3. The molecule has 1 fully saturated rings. The number of carbonyl (C=O) groups is 2. The number of piperidine rings is 1. The van der Waals surface area contributed by atoms with Gasteiger partial charge in [-0.05, 0) is 48.4 Å². The average molecular weight is 441 g/mol. The van der Waals surface area contributed by atoms with Crippen LogP contribution in [-0.4, -0.2) is 36.8 Å². The van der Waals surface area contributed by atoms with E-state index in [0.717, 1.165) is 28.3 Å². The number of aliphatic imine (C=N–C) groups is 1. The summed E-state index contributed by atoms with van der Waals surface area (Å²) in [6.07, 6.45) is 0. The predicted molar refractivity (Wildman–Crippen MR) is 127 cm³/mol. The van der Waals surface area contributed by atoms with Crippen LogP contribution in [0.4, 0.5) is 11.4 Å². The van der Waals surface area contributed by atoms with Crippen molar-refractivity contribution in [1.29, 1.82) is 0 Å². The Morgan fingerprint density at radius 3 is 2.48 bits per heavy atom. The largest absolute Gasteiger partial charge is 0.497 e. The SMILES string of the molecule is COc1ccc(C2C(NC(=O)c3ccccc3C)C(=O)NC3=Nc4ccccc4NC32)cc1. The normalized spacial score (nSPS) is 21.0. The first-order valence-electron chi connectivity index (χ1n) is 10.8. The standard InChI is InChI=1S/C26H24N4O3/c1-15-7-3-4-8-18(15)25(31)29-23-21(16-11-13-17(33-2)14-12-16)22-24(30-26(23)32)28-20-10-6-5-9-19(20)27-22/h3-14,21-23,27H,1-2H3,(H,29,31)(H,28,30,32). The number of hydrogen-bond donors (Lipinski definition) is 3. The molecule has 0 radical (unpaired) electrons. The minimum Gasteiger partial charge on any atom is -0.497 e. The molecule has 3 N–H and O–H groups in total. The molecule has 3 atom stereocenters. The number of ether oxygens (including phenoxy) is 1. The number of para-hydroxylation sites is 2. The van der Waals surface area contributed by atoms with E-state index in [9.17, 15) is 9.59 Å². The number of rotatable bonds is 4. The maximum atomic E-state index is 13.3. The monoisotopic (exact) mass is 440 g/mol. The molecular weight excluding hydrogens is 416 g/mol. The van der Waals surface area contributed by atoms with Crippen LogP contribution in [0.25, 0.3) is 0 Å². The summed E-state index contributed by atoms with van der Waals surface area (Å²) in [5.74, 6) is 0.290. The third kappa shape index (κ3) is 3.82. The Morgan fingerprint density at radius 1 is 1.00 bits per heavy atom. The highest BCUT2D eigenvalue weighted by Gasteiger charge is 2.45. The molecule has 166 valence electrons. The summed E-state index contributed by atoms with van der Waals surface area (Å²) < 4.78 is 5.30. The van der Waals surface area contributed by atoms with Crippen molar-refractivity contribution in [3.63, 3.8) is 0 Å². The molecule has 0 bridgehead atoms. The van der Waals surface area contributed by atoms with Gasteiger partial charge >= 0.3 is 0 Å². The van der Waals surface area contributed by atoms with E-state index >= 15 is 0 Å². The summed E-state index contributed by atoms with van der Waals surface area (Å²) in [4.78, 5) is 31.1. The Hall–Kier alpha value is -4.13. The van der Waals surface area contributed by atoms with Crippen molar-refractivity contribution in [3.05, 3.63) is 89.5 Å². The Morgan fingerprint density at radius 2 is 1.73 bits per heavy atom. The van der Waals surface area contributed by atoms with Crippen LogP contribution in [0.1, 0.15) is 27.4 Å². The molecule has 7 heteroatoms. The van der Waals surface area contributed by atoms with Gasteiger partial charge in [0.15, 0.2) is 0 Å². The van der Waals surface area contributed by atoms with Crippen LogP contribution in [0.15, 0.2) is 77.8 Å². The first kappa shape index (κ1) is 20.8. The van der Waals surface area contributed by atoms with E-state index in [1.807, 2.05) is 73.7 Å². The van der Waals surface area contributed by atoms with Gasteiger partial charge in [-0.1, -0.05) is 42.5 Å². The molecule has 0 saturated carbocycles. The lowest BCUT2D eigenvalue weighted by atomic mass is 9.80. The number of anilines is 1. The Labute approximate surface area is 191 Å². The molecule has 0 aromatic heterocycles.